The molecule has 0 radical (unpaired) electrons. The van der Waals surface area contributed by atoms with Gasteiger partial charge in [-0.05, 0) is 6.07 Å². The van der Waals surface area contributed by atoms with Gasteiger partial charge < -0.3 is 9.47 Å². The molecule has 0 bridgehead atoms. The van der Waals surface area contributed by atoms with Gasteiger partial charge in [-0.15, -0.1) is 0 Å². The van der Waals surface area contributed by atoms with E-state index in [9.17, 15) is 8.42 Å². The van der Waals surface area contributed by atoms with E-state index in [0.717, 1.165) is 11.8 Å². The van der Waals surface area contributed by atoms with Crippen LogP contribution < -0.4 is 9.46 Å². The standard InChI is InChI=1S/C11H17NO4S/c1-15-10-7-5-4-6-9(10)11(16-2)8-12-17(3,13)14/h4-7,11-12H,8H2,1-3H3/t11-/m0/s1. The number of hydrogen-bond donors (Lipinski definition) is 1. The number of hydrogen-bond acceptors (Lipinski definition) is 4. The van der Waals surface area contributed by atoms with E-state index in [2.05, 4.69) is 4.72 Å². The summed E-state index contributed by atoms with van der Waals surface area (Å²) in [5.41, 5.74) is 0.814. The van der Waals surface area contributed by atoms with Gasteiger partial charge in [0.2, 0.25) is 10.0 Å². The Morgan fingerprint density at radius 1 is 1.29 bits per heavy atom. The molecule has 5 nitrogen and oxygen atoms in total. The zero-order chi connectivity index (χ0) is 12.9. The Kier molecular flexibility index (Phi) is 4.92. The lowest BCUT2D eigenvalue weighted by molar-refractivity contribution is 0.105. The number of benzene rings is 1. The lowest BCUT2D eigenvalue weighted by atomic mass is 10.1. The first-order valence-corrected chi connectivity index (χ1v) is 6.97. The van der Waals surface area contributed by atoms with Crippen molar-refractivity contribution in [3.05, 3.63) is 29.8 Å². The third-order valence-corrected chi connectivity index (χ3v) is 2.99. The van der Waals surface area contributed by atoms with Gasteiger partial charge in [0.15, 0.2) is 0 Å². The normalized spacial score (nSPS) is 13.4. The van der Waals surface area contributed by atoms with Crippen LogP contribution in [0.15, 0.2) is 24.3 Å². The smallest absolute Gasteiger partial charge is 0.208 e. The SMILES string of the molecule is COc1ccccc1[C@H](CNS(C)(=O)=O)OC. The molecule has 0 saturated carbocycles. The van der Waals surface area contributed by atoms with Crippen LogP contribution >= 0.6 is 0 Å². The van der Waals surface area contributed by atoms with Crippen LogP contribution in [0.3, 0.4) is 0 Å². The fourth-order valence-corrected chi connectivity index (χ4v) is 1.93. The van der Waals surface area contributed by atoms with Crippen LogP contribution in [-0.4, -0.2) is 35.4 Å². The molecule has 0 fully saturated rings. The molecular formula is C11H17NO4S. The van der Waals surface area contributed by atoms with E-state index in [1.807, 2.05) is 24.3 Å². The highest BCUT2D eigenvalue weighted by Crippen LogP contribution is 2.26. The molecule has 96 valence electrons. The molecule has 0 saturated heterocycles. The second kappa shape index (κ2) is 6.00. The second-order valence-electron chi connectivity index (χ2n) is 3.59. The molecule has 1 aromatic rings. The fourth-order valence-electron chi connectivity index (χ4n) is 1.48. The zero-order valence-corrected chi connectivity index (χ0v) is 11.0. The number of nitrogens with one attached hydrogen (secondary N) is 1. The third-order valence-electron chi connectivity index (χ3n) is 2.30. The van der Waals surface area contributed by atoms with Gasteiger partial charge >= 0.3 is 0 Å². The van der Waals surface area contributed by atoms with E-state index < -0.39 is 10.0 Å². The second-order valence-corrected chi connectivity index (χ2v) is 5.42. The van der Waals surface area contributed by atoms with Crippen LogP contribution in [0.1, 0.15) is 11.7 Å². The van der Waals surface area contributed by atoms with Crippen molar-refractivity contribution in [3.8, 4) is 5.75 Å². The summed E-state index contributed by atoms with van der Waals surface area (Å²) in [6.45, 7) is 0.176. The fraction of sp³-hybridized carbons (Fsp3) is 0.455. The molecule has 0 aliphatic carbocycles. The van der Waals surface area contributed by atoms with Gasteiger partial charge in [-0.3, -0.25) is 0 Å². The van der Waals surface area contributed by atoms with Gasteiger partial charge in [-0.25, -0.2) is 13.1 Å². The Labute approximate surface area is 102 Å². The summed E-state index contributed by atoms with van der Waals surface area (Å²) in [6.07, 6.45) is 0.739. The minimum Gasteiger partial charge on any atom is -0.496 e. The van der Waals surface area contributed by atoms with Crippen LogP contribution in [0.4, 0.5) is 0 Å². The van der Waals surface area contributed by atoms with Crippen molar-refractivity contribution in [2.24, 2.45) is 0 Å². The summed E-state index contributed by atoms with van der Waals surface area (Å²) < 4.78 is 35.0. The molecule has 0 amide bonds. The summed E-state index contributed by atoms with van der Waals surface area (Å²) in [7, 11) is -0.134. The maximum atomic E-state index is 11.0. The molecule has 0 aliphatic rings. The maximum Gasteiger partial charge on any atom is 0.208 e. The number of rotatable bonds is 6. The Morgan fingerprint density at radius 2 is 1.94 bits per heavy atom. The minimum atomic E-state index is -3.23. The molecule has 0 aromatic heterocycles. The highest BCUT2D eigenvalue weighted by atomic mass is 32.2. The first-order valence-electron chi connectivity index (χ1n) is 5.08. The monoisotopic (exact) mass is 259 g/mol. The van der Waals surface area contributed by atoms with E-state index in [1.54, 1.807) is 7.11 Å². The number of sulfonamides is 1. The van der Waals surface area contributed by atoms with Gasteiger partial charge in [0, 0.05) is 19.2 Å². The molecule has 0 spiro atoms. The lowest BCUT2D eigenvalue weighted by Crippen LogP contribution is -2.28. The van der Waals surface area contributed by atoms with Crippen LogP contribution in [0, 0.1) is 0 Å². The quantitative estimate of drug-likeness (QED) is 0.825. The largest absolute Gasteiger partial charge is 0.496 e. The van der Waals surface area contributed by atoms with Crippen LogP contribution in [-0.2, 0) is 14.8 Å². The van der Waals surface area contributed by atoms with Crippen LogP contribution in [0.25, 0.3) is 0 Å². The Bertz CT molecular complexity index is 458. The average Bonchev–Trinajstić information content (AvgIpc) is 2.29. The molecule has 0 aliphatic heterocycles. The van der Waals surface area contributed by atoms with Crippen molar-refractivity contribution in [2.45, 2.75) is 6.10 Å². The van der Waals surface area contributed by atoms with Crippen LogP contribution in [0.5, 0.6) is 5.75 Å². The summed E-state index contributed by atoms with van der Waals surface area (Å²) >= 11 is 0. The molecule has 1 aromatic carbocycles. The molecule has 0 heterocycles. The first-order chi connectivity index (χ1) is 7.98. The lowest BCUT2D eigenvalue weighted by Gasteiger charge is -2.18. The van der Waals surface area contributed by atoms with E-state index >= 15 is 0 Å². The number of methoxy groups -OCH3 is 2. The van der Waals surface area contributed by atoms with Gasteiger partial charge in [0.1, 0.15) is 5.75 Å². The summed E-state index contributed by atoms with van der Waals surface area (Å²) in [4.78, 5) is 0. The van der Waals surface area contributed by atoms with Gasteiger partial charge in [0.05, 0.1) is 19.5 Å². The summed E-state index contributed by atoms with van der Waals surface area (Å²) in [5.74, 6) is 0.676. The average molecular weight is 259 g/mol. The number of para-hydroxylation sites is 1. The molecule has 6 heteroatoms. The Balaban J connectivity index is 2.86. The molecule has 1 atom stereocenters. The topological polar surface area (TPSA) is 64.6 Å². The van der Waals surface area contributed by atoms with Gasteiger partial charge in [-0.2, -0.15) is 0 Å². The van der Waals surface area contributed by atoms with E-state index in [4.69, 9.17) is 9.47 Å². The van der Waals surface area contributed by atoms with Crippen molar-refractivity contribution in [2.75, 3.05) is 27.0 Å². The molecular weight excluding hydrogens is 242 g/mol. The predicted octanol–water partition coefficient (Wildman–Crippen LogP) is 0.932. The van der Waals surface area contributed by atoms with E-state index in [0.29, 0.717) is 5.75 Å². The van der Waals surface area contributed by atoms with Gasteiger partial charge in [-0.1, -0.05) is 18.2 Å². The highest BCUT2D eigenvalue weighted by Gasteiger charge is 2.16. The van der Waals surface area contributed by atoms with E-state index in [1.165, 1.54) is 7.11 Å². The van der Waals surface area contributed by atoms with Crippen molar-refractivity contribution >= 4 is 10.0 Å². The first kappa shape index (κ1) is 14.0. The Morgan fingerprint density at radius 3 is 2.47 bits per heavy atom. The summed E-state index contributed by atoms with van der Waals surface area (Å²) in [6, 6.07) is 7.35. The van der Waals surface area contributed by atoms with Crippen molar-refractivity contribution in [3.63, 3.8) is 0 Å². The van der Waals surface area contributed by atoms with Crippen LogP contribution in [0.2, 0.25) is 0 Å². The summed E-state index contributed by atoms with van der Waals surface area (Å²) in [5, 5.41) is 0. The van der Waals surface area contributed by atoms with Crippen molar-refractivity contribution in [1.82, 2.24) is 4.72 Å². The van der Waals surface area contributed by atoms with E-state index in [-0.39, 0.29) is 12.6 Å². The molecule has 17 heavy (non-hydrogen) atoms. The number of ether oxygens (including phenoxy) is 2. The molecule has 1 N–H and O–H groups in total. The predicted molar refractivity (Wildman–Crippen MR) is 65.6 cm³/mol. The Hall–Kier alpha value is -1.11. The maximum absolute atomic E-state index is 11.0. The molecule has 0 unspecified atom stereocenters. The van der Waals surface area contributed by atoms with Crippen molar-refractivity contribution in [1.29, 1.82) is 0 Å². The minimum absolute atomic E-state index is 0.176. The van der Waals surface area contributed by atoms with Crippen molar-refractivity contribution < 1.29 is 17.9 Å². The van der Waals surface area contributed by atoms with Gasteiger partial charge in [0.25, 0.3) is 0 Å². The highest BCUT2D eigenvalue weighted by molar-refractivity contribution is 7.88. The zero-order valence-electron chi connectivity index (χ0n) is 10.1. The third kappa shape index (κ3) is 4.33. The molecule has 1 rings (SSSR count).